The Morgan fingerprint density at radius 1 is 1.67 bits per heavy atom. The van der Waals surface area contributed by atoms with E-state index in [-0.39, 0.29) is 5.50 Å². The van der Waals surface area contributed by atoms with Gasteiger partial charge in [-0.15, -0.1) is 11.3 Å². The van der Waals surface area contributed by atoms with Crippen LogP contribution < -0.4 is 0 Å². The number of nitrogens with zero attached hydrogens (tertiary/aromatic N) is 2. The van der Waals surface area contributed by atoms with E-state index in [4.69, 9.17) is 23.2 Å². The van der Waals surface area contributed by atoms with Crippen molar-refractivity contribution < 1.29 is 0 Å². The van der Waals surface area contributed by atoms with Crippen molar-refractivity contribution in [2.75, 3.05) is 7.05 Å². The van der Waals surface area contributed by atoms with Crippen LogP contribution in [-0.2, 0) is 0 Å². The number of alkyl halides is 1. The smallest absolute Gasteiger partial charge is 0.133 e. The van der Waals surface area contributed by atoms with Crippen LogP contribution in [0.4, 0.5) is 5.00 Å². The molecule has 1 unspecified atom stereocenters. The highest BCUT2D eigenvalue weighted by atomic mass is 35.5. The van der Waals surface area contributed by atoms with E-state index < -0.39 is 0 Å². The summed E-state index contributed by atoms with van der Waals surface area (Å²) in [5.74, 6) is 0. The van der Waals surface area contributed by atoms with Crippen molar-refractivity contribution in [2.45, 2.75) is 5.50 Å². The van der Waals surface area contributed by atoms with Gasteiger partial charge in [-0.3, -0.25) is 0 Å². The van der Waals surface area contributed by atoms with E-state index in [9.17, 15) is 0 Å². The van der Waals surface area contributed by atoms with Crippen LogP contribution in [0.1, 0.15) is 11.1 Å². The molecule has 0 aromatic carbocycles. The zero-order valence-corrected chi connectivity index (χ0v) is 8.62. The molecule has 64 valence electrons. The van der Waals surface area contributed by atoms with Crippen LogP contribution in [0.25, 0.3) is 0 Å². The summed E-state index contributed by atoms with van der Waals surface area (Å²) in [5.41, 5.74) is 0.859. The number of hydrogen-bond donors (Lipinski definition) is 0. The molecule has 1 aromatic heterocycles. The fraction of sp³-hybridized carbons (Fsp3) is 0.286. The Hall–Kier alpha value is -0.250. The minimum Gasteiger partial charge on any atom is -0.345 e. The molecule has 0 aliphatic carbocycles. The predicted molar refractivity (Wildman–Crippen MR) is 53.8 cm³/mol. The number of aliphatic imine (C=N–C) groups is 1. The Morgan fingerprint density at radius 3 is 3.17 bits per heavy atom. The van der Waals surface area contributed by atoms with Crippen molar-refractivity contribution in [3.8, 4) is 0 Å². The lowest BCUT2D eigenvalue weighted by molar-refractivity contribution is 0.489. The van der Waals surface area contributed by atoms with Gasteiger partial charge in [0.15, 0.2) is 0 Å². The lowest BCUT2D eigenvalue weighted by Gasteiger charge is -2.23. The number of hydrogen-bond acceptors (Lipinski definition) is 3. The second-order valence-corrected chi connectivity index (χ2v) is 4.63. The van der Waals surface area contributed by atoms with Crippen LogP contribution >= 0.6 is 34.5 Å². The summed E-state index contributed by atoms with van der Waals surface area (Å²) in [6, 6.07) is 1.87. The van der Waals surface area contributed by atoms with Crippen LogP contribution in [0.2, 0.25) is 4.34 Å². The topological polar surface area (TPSA) is 15.6 Å². The SMILES string of the molecule is CN1C=Nc2sc(Cl)cc2C1Cl. The quantitative estimate of drug-likeness (QED) is 0.485. The summed E-state index contributed by atoms with van der Waals surface area (Å²) in [6.07, 6.45) is 1.72. The Balaban J connectivity index is 2.50. The van der Waals surface area contributed by atoms with Gasteiger partial charge in [0.05, 0.1) is 10.7 Å². The van der Waals surface area contributed by atoms with Gasteiger partial charge >= 0.3 is 0 Å². The van der Waals surface area contributed by atoms with Gasteiger partial charge in [0.1, 0.15) is 10.5 Å². The van der Waals surface area contributed by atoms with Crippen LogP contribution in [0.15, 0.2) is 11.1 Å². The molecule has 0 saturated carbocycles. The predicted octanol–water partition coefficient (Wildman–Crippen LogP) is 3.24. The molecule has 12 heavy (non-hydrogen) atoms. The Morgan fingerprint density at radius 2 is 2.42 bits per heavy atom. The highest BCUT2D eigenvalue weighted by Crippen LogP contribution is 2.42. The first-order chi connectivity index (χ1) is 5.68. The molecule has 0 spiro atoms. The van der Waals surface area contributed by atoms with Crippen molar-refractivity contribution in [3.05, 3.63) is 16.0 Å². The zero-order valence-electron chi connectivity index (χ0n) is 6.29. The Kier molecular flexibility index (Phi) is 2.02. The summed E-state index contributed by atoms with van der Waals surface area (Å²) in [6.45, 7) is 0. The third-order valence-corrected chi connectivity index (χ3v) is 3.41. The largest absolute Gasteiger partial charge is 0.345 e. The van der Waals surface area contributed by atoms with Crippen LogP contribution in [-0.4, -0.2) is 18.3 Å². The van der Waals surface area contributed by atoms with Gasteiger partial charge < -0.3 is 4.90 Å². The van der Waals surface area contributed by atoms with E-state index >= 15 is 0 Å². The summed E-state index contributed by atoms with van der Waals surface area (Å²) in [7, 11) is 1.88. The lowest BCUT2D eigenvalue weighted by atomic mass is 10.3. The molecule has 5 heteroatoms. The Labute approximate surface area is 84.4 Å². The van der Waals surface area contributed by atoms with Crippen molar-refractivity contribution in [3.63, 3.8) is 0 Å². The average molecular weight is 221 g/mol. The molecule has 2 rings (SSSR count). The lowest BCUT2D eigenvalue weighted by Crippen LogP contribution is -2.20. The Bertz CT molecular complexity index is 334. The molecule has 1 atom stereocenters. The van der Waals surface area contributed by atoms with Crippen molar-refractivity contribution in [2.24, 2.45) is 4.99 Å². The number of halogens is 2. The molecule has 0 N–H and O–H groups in total. The fourth-order valence-corrected chi connectivity index (χ4v) is 2.43. The number of rotatable bonds is 0. The first kappa shape index (κ1) is 8.35. The molecular formula is C7H6Cl2N2S. The standard InChI is InChI=1S/C7H6Cl2N2S/c1-11-3-10-7-4(6(11)9)2-5(8)12-7/h2-3,6H,1H3. The maximum atomic E-state index is 6.09. The van der Waals surface area contributed by atoms with E-state index in [0.717, 1.165) is 14.9 Å². The molecule has 1 aromatic rings. The number of fused-ring (bicyclic) bond motifs is 1. The normalized spacial score (nSPS) is 21.2. The summed E-state index contributed by atoms with van der Waals surface area (Å²) < 4.78 is 0.734. The van der Waals surface area contributed by atoms with Gasteiger partial charge in [-0.25, -0.2) is 4.99 Å². The van der Waals surface area contributed by atoms with E-state index in [1.54, 1.807) is 6.34 Å². The molecule has 0 fully saturated rings. The molecule has 1 aliphatic rings. The summed E-state index contributed by atoms with van der Waals surface area (Å²) >= 11 is 13.4. The van der Waals surface area contributed by atoms with Gasteiger partial charge in [0.2, 0.25) is 0 Å². The van der Waals surface area contributed by atoms with E-state index in [1.807, 2.05) is 18.0 Å². The van der Waals surface area contributed by atoms with E-state index in [2.05, 4.69) is 4.99 Å². The number of thiophene rings is 1. The molecular weight excluding hydrogens is 215 g/mol. The third kappa shape index (κ3) is 1.22. The van der Waals surface area contributed by atoms with Crippen LogP contribution in [0.3, 0.4) is 0 Å². The maximum Gasteiger partial charge on any atom is 0.133 e. The minimum absolute atomic E-state index is 0.138. The molecule has 0 radical (unpaired) electrons. The van der Waals surface area contributed by atoms with Crippen molar-refractivity contribution in [1.82, 2.24) is 4.90 Å². The van der Waals surface area contributed by atoms with Gasteiger partial charge in [-0.1, -0.05) is 23.2 Å². The van der Waals surface area contributed by atoms with E-state index in [0.29, 0.717) is 0 Å². The monoisotopic (exact) mass is 220 g/mol. The van der Waals surface area contributed by atoms with Gasteiger partial charge in [0.25, 0.3) is 0 Å². The average Bonchev–Trinajstić information content (AvgIpc) is 2.39. The molecule has 0 bridgehead atoms. The highest BCUT2D eigenvalue weighted by Gasteiger charge is 2.21. The second kappa shape index (κ2) is 2.91. The third-order valence-electron chi connectivity index (χ3n) is 1.68. The van der Waals surface area contributed by atoms with Crippen molar-refractivity contribution >= 4 is 45.9 Å². The first-order valence-corrected chi connectivity index (χ1v) is 5.01. The molecule has 2 heterocycles. The molecule has 2 nitrogen and oxygen atoms in total. The fourth-order valence-electron chi connectivity index (χ4n) is 1.06. The minimum atomic E-state index is -0.138. The first-order valence-electron chi connectivity index (χ1n) is 3.38. The molecule has 0 amide bonds. The second-order valence-electron chi connectivity index (χ2n) is 2.56. The van der Waals surface area contributed by atoms with Gasteiger partial charge in [-0.05, 0) is 6.07 Å². The maximum absolute atomic E-state index is 6.09. The van der Waals surface area contributed by atoms with Crippen LogP contribution in [0, 0.1) is 0 Å². The van der Waals surface area contributed by atoms with E-state index in [1.165, 1.54) is 11.3 Å². The van der Waals surface area contributed by atoms with Crippen molar-refractivity contribution in [1.29, 1.82) is 0 Å². The van der Waals surface area contributed by atoms with Crippen LogP contribution in [0.5, 0.6) is 0 Å². The summed E-state index contributed by atoms with van der Waals surface area (Å²) in [4.78, 5) is 6.04. The molecule has 1 aliphatic heterocycles. The highest BCUT2D eigenvalue weighted by molar-refractivity contribution is 7.19. The van der Waals surface area contributed by atoms with Gasteiger partial charge in [0, 0.05) is 12.6 Å². The van der Waals surface area contributed by atoms with Gasteiger partial charge in [-0.2, -0.15) is 0 Å². The summed E-state index contributed by atoms with van der Waals surface area (Å²) in [5, 5.41) is 0.915. The molecule has 0 saturated heterocycles. The zero-order chi connectivity index (χ0) is 8.72.